The minimum Gasteiger partial charge on any atom is -0.481 e. The SMILES string of the molecule is Cc1ccc(-c2csc3nc(SCC(=O)O)[nH]c(=O)c23)c(C)c1. The van der Waals surface area contributed by atoms with Gasteiger partial charge in [0.2, 0.25) is 0 Å². The Labute approximate surface area is 140 Å². The maximum Gasteiger partial charge on any atom is 0.313 e. The van der Waals surface area contributed by atoms with Crippen LogP contribution in [0.4, 0.5) is 0 Å². The van der Waals surface area contributed by atoms with Crippen molar-refractivity contribution in [3.05, 3.63) is 45.1 Å². The van der Waals surface area contributed by atoms with Crippen molar-refractivity contribution in [2.75, 3.05) is 5.75 Å². The molecule has 0 saturated heterocycles. The summed E-state index contributed by atoms with van der Waals surface area (Å²) in [4.78, 5) is 30.7. The number of carbonyl (C=O) groups is 1. The Morgan fingerprint density at radius 2 is 2.13 bits per heavy atom. The van der Waals surface area contributed by atoms with E-state index in [4.69, 9.17) is 5.11 Å². The minimum absolute atomic E-state index is 0.135. The number of aromatic nitrogens is 2. The molecule has 3 aromatic rings. The van der Waals surface area contributed by atoms with Gasteiger partial charge in [0.25, 0.3) is 5.56 Å². The summed E-state index contributed by atoms with van der Waals surface area (Å²) in [5.41, 5.74) is 3.92. The van der Waals surface area contributed by atoms with E-state index in [2.05, 4.69) is 16.0 Å². The molecule has 0 aliphatic carbocycles. The van der Waals surface area contributed by atoms with E-state index in [0.29, 0.717) is 15.4 Å². The molecule has 2 heterocycles. The van der Waals surface area contributed by atoms with Crippen molar-refractivity contribution in [1.29, 1.82) is 0 Å². The molecular formula is C16H14N2O3S2. The predicted molar refractivity (Wildman–Crippen MR) is 93.5 cm³/mol. The summed E-state index contributed by atoms with van der Waals surface area (Å²) >= 11 is 2.40. The third-order valence-electron chi connectivity index (χ3n) is 3.43. The summed E-state index contributed by atoms with van der Waals surface area (Å²) < 4.78 is 0. The van der Waals surface area contributed by atoms with Gasteiger partial charge in [0.1, 0.15) is 4.83 Å². The second-order valence-corrected chi connectivity index (χ2v) is 7.02. The fourth-order valence-corrected chi connectivity index (χ4v) is 4.02. The third-order valence-corrected chi connectivity index (χ3v) is 5.16. The van der Waals surface area contributed by atoms with Crippen molar-refractivity contribution in [3.63, 3.8) is 0 Å². The zero-order valence-corrected chi connectivity index (χ0v) is 14.2. The van der Waals surface area contributed by atoms with Gasteiger partial charge in [-0.25, -0.2) is 4.98 Å². The molecule has 7 heteroatoms. The van der Waals surface area contributed by atoms with Gasteiger partial charge >= 0.3 is 5.97 Å². The van der Waals surface area contributed by atoms with E-state index in [-0.39, 0.29) is 11.3 Å². The number of thiophene rings is 1. The molecule has 1 aromatic carbocycles. The lowest BCUT2D eigenvalue weighted by molar-refractivity contribution is -0.133. The van der Waals surface area contributed by atoms with Gasteiger partial charge < -0.3 is 10.1 Å². The van der Waals surface area contributed by atoms with Gasteiger partial charge in [0.15, 0.2) is 5.16 Å². The fourth-order valence-electron chi connectivity index (χ4n) is 2.44. The number of nitrogens with zero attached hydrogens (tertiary/aromatic N) is 1. The van der Waals surface area contributed by atoms with E-state index in [1.165, 1.54) is 16.9 Å². The summed E-state index contributed by atoms with van der Waals surface area (Å²) in [6.07, 6.45) is 0. The largest absolute Gasteiger partial charge is 0.481 e. The Morgan fingerprint density at radius 1 is 1.35 bits per heavy atom. The lowest BCUT2D eigenvalue weighted by Gasteiger charge is -2.06. The van der Waals surface area contributed by atoms with Gasteiger partial charge in [-0.15, -0.1) is 11.3 Å². The lowest BCUT2D eigenvalue weighted by atomic mass is 9.99. The maximum atomic E-state index is 12.4. The van der Waals surface area contributed by atoms with Gasteiger partial charge in [0, 0.05) is 10.9 Å². The van der Waals surface area contributed by atoms with E-state index in [9.17, 15) is 9.59 Å². The average Bonchev–Trinajstić information content (AvgIpc) is 2.89. The molecule has 0 spiro atoms. The summed E-state index contributed by atoms with van der Waals surface area (Å²) in [5.74, 6) is -1.08. The molecule has 0 saturated carbocycles. The Hall–Kier alpha value is -2.12. The molecule has 0 atom stereocenters. The second-order valence-electron chi connectivity index (χ2n) is 5.20. The van der Waals surface area contributed by atoms with Gasteiger partial charge in [-0.05, 0) is 25.0 Å². The van der Waals surface area contributed by atoms with Crippen LogP contribution in [0.1, 0.15) is 11.1 Å². The number of aromatic amines is 1. The van der Waals surface area contributed by atoms with Crippen LogP contribution in [0.2, 0.25) is 0 Å². The van der Waals surface area contributed by atoms with E-state index < -0.39 is 5.97 Å². The average molecular weight is 346 g/mol. The van der Waals surface area contributed by atoms with Crippen LogP contribution < -0.4 is 5.56 Å². The number of thioether (sulfide) groups is 1. The molecule has 0 aliphatic rings. The molecule has 2 aromatic heterocycles. The van der Waals surface area contributed by atoms with E-state index in [0.717, 1.165) is 28.5 Å². The van der Waals surface area contributed by atoms with Crippen LogP contribution in [0, 0.1) is 13.8 Å². The normalized spacial score (nSPS) is 11.0. The molecule has 0 radical (unpaired) electrons. The number of nitrogens with one attached hydrogen (secondary N) is 1. The first kappa shape index (κ1) is 15.8. The molecule has 3 rings (SSSR count). The molecule has 0 fully saturated rings. The van der Waals surface area contributed by atoms with Gasteiger partial charge in [0.05, 0.1) is 11.1 Å². The number of rotatable bonds is 4. The van der Waals surface area contributed by atoms with Crippen LogP contribution in [-0.4, -0.2) is 26.8 Å². The van der Waals surface area contributed by atoms with Crippen LogP contribution in [0.25, 0.3) is 21.3 Å². The third kappa shape index (κ3) is 3.16. The number of hydrogen-bond acceptors (Lipinski definition) is 5. The van der Waals surface area contributed by atoms with Crippen LogP contribution in [-0.2, 0) is 4.79 Å². The number of hydrogen-bond donors (Lipinski definition) is 2. The zero-order valence-electron chi connectivity index (χ0n) is 12.5. The molecule has 0 bridgehead atoms. The Balaban J connectivity index is 2.10. The quantitative estimate of drug-likeness (QED) is 0.558. The number of aryl methyl sites for hydroxylation is 2. The lowest BCUT2D eigenvalue weighted by Crippen LogP contribution is -2.10. The summed E-state index contributed by atoms with van der Waals surface area (Å²) in [5, 5.41) is 11.5. The molecule has 0 aliphatic heterocycles. The molecule has 5 nitrogen and oxygen atoms in total. The topological polar surface area (TPSA) is 83.0 Å². The number of H-pyrrole nitrogens is 1. The molecular weight excluding hydrogens is 332 g/mol. The van der Waals surface area contributed by atoms with Crippen molar-refractivity contribution >= 4 is 39.3 Å². The molecule has 118 valence electrons. The standard InChI is InChI=1S/C16H14N2O3S2/c1-8-3-4-10(9(2)5-8)11-6-22-15-13(11)14(21)17-16(18-15)23-7-12(19)20/h3-6H,7H2,1-2H3,(H,19,20)(H,17,18,21). The number of benzene rings is 1. The highest BCUT2D eigenvalue weighted by atomic mass is 32.2. The zero-order chi connectivity index (χ0) is 16.6. The Kier molecular flexibility index (Phi) is 4.23. The summed E-state index contributed by atoms with van der Waals surface area (Å²) in [7, 11) is 0. The van der Waals surface area contributed by atoms with E-state index in [1.54, 1.807) is 0 Å². The van der Waals surface area contributed by atoms with E-state index in [1.807, 2.05) is 31.4 Å². The van der Waals surface area contributed by atoms with Crippen LogP contribution in [0.15, 0.2) is 33.5 Å². The highest BCUT2D eigenvalue weighted by molar-refractivity contribution is 7.99. The van der Waals surface area contributed by atoms with Gasteiger partial charge in [-0.2, -0.15) is 0 Å². The van der Waals surface area contributed by atoms with Crippen LogP contribution in [0.3, 0.4) is 0 Å². The fraction of sp³-hybridized carbons (Fsp3) is 0.188. The number of carboxylic acids is 1. The van der Waals surface area contributed by atoms with Crippen LogP contribution >= 0.6 is 23.1 Å². The summed E-state index contributed by atoms with van der Waals surface area (Å²) in [6, 6.07) is 6.11. The monoisotopic (exact) mass is 346 g/mol. The van der Waals surface area contributed by atoms with Crippen molar-refractivity contribution in [3.8, 4) is 11.1 Å². The predicted octanol–water partition coefficient (Wildman–Crippen LogP) is 3.45. The first-order valence-electron chi connectivity index (χ1n) is 6.89. The number of carboxylic acid groups (broad SMARTS) is 1. The maximum absolute atomic E-state index is 12.4. The number of aliphatic carboxylic acids is 1. The van der Waals surface area contributed by atoms with Crippen molar-refractivity contribution in [2.45, 2.75) is 19.0 Å². The first-order chi connectivity index (χ1) is 11.0. The minimum atomic E-state index is -0.945. The van der Waals surface area contributed by atoms with Gasteiger partial charge in [-0.1, -0.05) is 35.5 Å². The summed E-state index contributed by atoms with van der Waals surface area (Å²) in [6.45, 7) is 4.05. The molecule has 23 heavy (non-hydrogen) atoms. The molecule has 2 N–H and O–H groups in total. The van der Waals surface area contributed by atoms with Crippen LogP contribution in [0.5, 0.6) is 0 Å². The van der Waals surface area contributed by atoms with Crippen molar-refractivity contribution in [1.82, 2.24) is 9.97 Å². The number of fused-ring (bicyclic) bond motifs is 1. The highest BCUT2D eigenvalue weighted by Gasteiger charge is 2.15. The highest BCUT2D eigenvalue weighted by Crippen LogP contribution is 2.33. The smallest absolute Gasteiger partial charge is 0.313 e. The second kappa shape index (κ2) is 6.17. The van der Waals surface area contributed by atoms with Gasteiger partial charge in [-0.3, -0.25) is 9.59 Å². The van der Waals surface area contributed by atoms with E-state index >= 15 is 0 Å². The Morgan fingerprint density at radius 3 is 2.83 bits per heavy atom. The molecule has 0 unspecified atom stereocenters. The Bertz CT molecular complexity index is 960. The van der Waals surface area contributed by atoms with Crippen molar-refractivity contribution < 1.29 is 9.90 Å². The van der Waals surface area contributed by atoms with Crippen molar-refractivity contribution in [2.24, 2.45) is 0 Å². The molecule has 0 amide bonds. The first-order valence-corrected chi connectivity index (χ1v) is 8.76.